The van der Waals surface area contributed by atoms with E-state index in [0.717, 1.165) is 43.9 Å². The van der Waals surface area contributed by atoms with Gasteiger partial charge in [-0.15, -0.1) is 0 Å². The molecule has 1 aliphatic heterocycles. The van der Waals surface area contributed by atoms with Gasteiger partial charge in [-0.2, -0.15) is 15.0 Å². The summed E-state index contributed by atoms with van der Waals surface area (Å²) in [5, 5.41) is 10.6. The van der Waals surface area contributed by atoms with Crippen LogP contribution in [0.4, 0.5) is 0 Å². The summed E-state index contributed by atoms with van der Waals surface area (Å²) < 4.78 is 0. The van der Waals surface area contributed by atoms with Crippen molar-refractivity contribution in [2.24, 2.45) is 0 Å². The molecule has 0 aliphatic carbocycles. The van der Waals surface area contributed by atoms with Crippen molar-refractivity contribution >= 4 is 5.91 Å². The van der Waals surface area contributed by atoms with Gasteiger partial charge in [-0.05, 0) is 19.1 Å². The van der Waals surface area contributed by atoms with Crippen molar-refractivity contribution < 1.29 is 10.1 Å². The summed E-state index contributed by atoms with van der Waals surface area (Å²) in [7, 11) is 0. The van der Waals surface area contributed by atoms with Crippen LogP contribution in [0.3, 0.4) is 0 Å². The van der Waals surface area contributed by atoms with Crippen molar-refractivity contribution in [1.82, 2.24) is 19.9 Å². The molecule has 1 fully saturated rings. The SMILES string of the molecule is Cc1ccc(-n2nccn2)c(C(=O)N2CCC[NH2+]CC2)c1. The number of nitrogens with zero attached hydrogens (tertiary/aromatic N) is 4. The third-order valence-corrected chi connectivity index (χ3v) is 3.74. The van der Waals surface area contributed by atoms with Crippen LogP contribution in [0.2, 0.25) is 0 Å². The van der Waals surface area contributed by atoms with Crippen LogP contribution in [0, 0.1) is 6.92 Å². The lowest BCUT2D eigenvalue weighted by Crippen LogP contribution is -2.84. The maximum atomic E-state index is 12.9. The van der Waals surface area contributed by atoms with Gasteiger partial charge in [0.25, 0.3) is 5.91 Å². The predicted octanol–water partition coefficient (Wildman–Crippen LogP) is -0.0150. The van der Waals surface area contributed by atoms with Crippen molar-refractivity contribution in [3.63, 3.8) is 0 Å². The number of quaternary nitrogens is 1. The van der Waals surface area contributed by atoms with Gasteiger partial charge in [-0.25, -0.2) is 0 Å². The molecular formula is C15H20N5O+. The maximum Gasteiger partial charge on any atom is 0.256 e. The van der Waals surface area contributed by atoms with Crippen LogP contribution in [-0.2, 0) is 0 Å². The topological polar surface area (TPSA) is 67.6 Å². The Morgan fingerprint density at radius 1 is 1.19 bits per heavy atom. The minimum atomic E-state index is 0.0706. The van der Waals surface area contributed by atoms with E-state index in [1.165, 1.54) is 4.80 Å². The van der Waals surface area contributed by atoms with Crippen LogP contribution >= 0.6 is 0 Å². The second-order valence-electron chi connectivity index (χ2n) is 5.35. The fraction of sp³-hybridized carbons (Fsp3) is 0.400. The summed E-state index contributed by atoms with van der Waals surface area (Å²) in [5.74, 6) is 0.0706. The van der Waals surface area contributed by atoms with Crippen LogP contribution in [0.1, 0.15) is 22.3 Å². The first-order chi connectivity index (χ1) is 10.3. The average Bonchev–Trinajstić information content (AvgIpc) is 2.88. The van der Waals surface area contributed by atoms with Gasteiger partial charge in [0.05, 0.1) is 43.3 Å². The van der Waals surface area contributed by atoms with E-state index in [9.17, 15) is 4.79 Å². The van der Waals surface area contributed by atoms with Gasteiger partial charge in [-0.3, -0.25) is 4.79 Å². The lowest BCUT2D eigenvalue weighted by Gasteiger charge is -2.20. The van der Waals surface area contributed by atoms with Gasteiger partial charge in [0.1, 0.15) is 0 Å². The largest absolute Gasteiger partial charge is 0.345 e. The standard InChI is InChI=1S/C15H19N5O/c1-12-3-4-14(20-17-6-7-18-20)13(11-12)15(21)19-9-2-5-16-8-10-19/h3-4,6-7,11,16H,2,5,8-10H2,1H3/p+1. The molecule has 2 aromatic rings. The van der Waals surface area contributed by atoms with Gasteiger partial charge in [-0.1, -0.05) is 11.6 Å². The normalized spacial score (nSPS) is 15.8. The quantitative estimate of drug-likeness (QED) is 0.844. The Morgan fingerprint density at radius 3 is 2.81 bits per heavy atom. The van der Waals surface area contributed by atoms with Gasteiger partial charge in [0.2, 0.25) is 0 Å². The van der Waals surface area contributed by atoms with E-state index in [2.05, 4.69) is 15.5 Å². The van der Waals surface area contributed by atoms with E-state index < -0.39 is 0 Å². The summed E-state index contributed by atoms with van der Waals surface area (Å²) in [5.41, 5.74) is 2.48. The number of carbonyl (C=O) groups excluding carboxylic acids is 1. The third-order valence-electron chi connectivity index (χ3n) is 3.74. The highest BCUT2D eigenvalue weighted by molar-refractivity contribution is 5.98. The molecule has 1 aromatic heterocycles. The number of aryl methyl sites for hydroxylation is 1. The molecular weight excluding hydrogens is 266 g/mol. The zero-order valence-corrected chi connectivity index (χ0v) is 12.2. The summed E-state index contributed by atoms with van der Waals surface area (Å²) in [6.07, 6.45) is 4.27. The molecule has 2 heterocycles. The van der Waals surface area contributed by atoms with Crippen LogP contribution in [0.15, 0.2) is 30.6 Å². The summed E-state index contributed by atoms with van der Waals surface area (Å²) >= 11 is 0. The highest BCUT2D eigenvalue weighted by atomic mass is 16.2. The lowest BCUT2D eigenvalue weighted by molar-refractivity contribution is -0.651. The molecule has 21 heavy (non-hydrogen) atoms. The fourth-order valence-electron chi connectivity index (χ4n) is 2.64. The van der Waals surface area contributed by atoms with Crippen molar-refractivity contribution in [1.29, 1.82) is 0 Å². The molecule has 1 aliphatic rings. The van der Waals surface area contributed by atoms with Gasteiger partial charge < -0.3 is 10.2 Å². The molecule has 2 N–H and O–H groups in total. The Bertz CT molecular complexity index is 615. The molecule has 0 atom stereocenters. The molecule has 1 aromatic carbocycles. The minimum Gasteiger partial charge on any atom is -0.345 e. The molecule has 110 valence electrons. The van der Waals surface area contributed by atoms with E-state index in [4.69, 9.17) is 0 Å². The second kappa shape index (κ2) is 6.05. The average molecular weight is 286 g/mol. The molecule has 1 amide bonds. The Morgan fingerprint density at radius 2 is 2.00 bits per heavy atom. The number of carbonyl (C=O) groups is 1. The highest BCUT2D eigenvalue weighted by Gasteiger charge is 2.22. The molecule has 0 saturated carbocycles. The first-order valence-corrected chi connectivity index (χ1v) is 7.34. The van der Waals surface area contributed by atoms with Crippen molar-refractivity contribution in [3.05, 3.63) is 41.7 Å². The number of aromatic nitrogens is 3. The van der Waals surface area contributed by atoms with Crippen molar-refractivity contribution in [2.75, 3.05) is 26.2 Å². The zero-order chi connectivity index (χ0) is 14.7. The molecule has 0 bridgehead atoms. The van der Waals surface area contributed by atoms with Gasteiger partial charge >= 0.3 is 0 Å². The van der Waals surface area contributed by atoms with E-state index >= 15 is 0 Å². The van der Waals surface area contributed by atoms with Crippen LogP contribution in [-0.4, -0.2) is 52.0 Å². The summed E-state index contributed by atoms with van der Waals surface area (Å²) in [6.45, 7) is 5.65. The Hall–Kier alpha value is -2.21. The highest BCUT2D eigenvalue weighted by Crippen LogP contribution is 2.17. The monoisotopic (exact) mass is 286 g/mol. The Balaban J connectivity index is 1.96. The molecule has 6 nitrogen and oxygen atoms in total. The van der Waals surface area contributed by atoms with Gasteiger partial charge in [0, 0.05) is 13.0 Å². The predicted molar refractivity (Wildman–Crippen MR) is 78.3 cm³/mol. The zero-order valence-electron chi connectivity index (χ0n) is 12.2. The van der Waals surface area contributed by atoms with E-state index in [1.807, 2.05) is 30.0 Å². The van der Waals surface area contributed by atoms with Crippen LogP contribution in [0.25, 0.3) is 5.69 Å². The van der Waals surface area contributed by atoms with E-state index in [-0.39, 0.29) is 5.91 Å². The van der Waals surface area contributed by atoms with Crippen LogP contribution in [0.5, 0.6) is 0 Å². The Kier molecular flexibility index (Phi) is 3.96. The molecule has 0 unspecified atom stereocenters. The van der Waals surface area contributed by atoms with E-state index in [1.54, 1.807) is 12.4 Å². The number of amides is 1. The maximum absolute atomic E-state index is 12.9. The van der Waals surface area contributed by atoms with Crippen molar-refractivity contribution in [2.45, 2.75) is 13.3 Å². The first kappa shape index (κ1) is 13.8. The van der Waals surface area contributed by atoms with E-state index in [0.29, 0.717) is 5.56 Å². The summed E-state index contributed by atoms with van der Waals surface area (Å²) in [4.78, 5) is 16.3. The molecule has 0 radical (unpaired) electrons. The lowest BCUT2D eigenvalue weighted by atomic mass is 10.1. The number of hydrogen-bond donors (Lipinski definition) is 1. The van der Waals surface area contributed by atoms with Gasteiger partial charge in [0.15, 0.2) is 0 Å². The molecule has 0 spiro atoms. The third kappa shape index (κ3) is 2.95. The number of benzene rings is 1. The number of rotatable bonds is 2. The first-order valence-electron chi connectivity index (χ1n) is 7.34. The molecule has 3 rings (SSSR count). The number of hydrogen-bond acceptors (Lipinski definition) is 3. The molecule has 6 heteroatoms. The second-order valence-corrected chi connectivity index (χ2v) is 5.35. The Labute approximate surface area is 123 Å². The smallest absolute Gasteiger partial charge is 0.256 e. The minimum absolute atomic E-state index is 0.0706. The van der Waals surface area contributed by atoms with Crippen molar-refractivity contribution in [3.8, 4) is 5.69 Å². The summed E-state index contributed by atoms with van der Waals surface area (Å²) in [6, 6.07) is 5.81. The molecule has 1 saturated heterocycles. The fourth-order valence-corrected chi connectivity index (χ4v) is 2.64. The van der Waals surface area contributed by atoms with Crippen LogP contribution < -0.4 is 5.32 Å². The number of nitrogens with two attached hydrogens (primary N) is 1.